The number of benzene rings is 1. The van der Waals surface area contributed by atoms with Gasteiger partial charge in [-0.1, -0.05) is 17.7 Å². The molecule has 0 amide bonds. The molecule has 0 atom stereocenters. The molecule has 0 heterocycles. The number of rotatable bonds is 4. The van der Waals surface area contributed by atoms with Gasteiger partial charge in [-0.2, -0.15) is 8.42 Å². The molecule has 14 heavy (non-hydrogen) atoms. The van der Waals surface area contributed by atoms with Gasteiger partial charge in [0.1, 0.15) is 0 Å². The van der Waals surface area contributed by atoms with Gasteiger partial charge in [0.2, 0.25) is 0 Å². The van der Waals surface area contributed by atoms with E-state index in [-0.39, 0.29) is 11.4 Å². The quantitative estimate of drug-likeness (QED) is 0.422. The number of hydrogen-bond donors (Lipinski definition) is 0. The van der Waals surface area contributed by atoms with E-state index in [4.69, 9.17) is 0 Å². The Labute approximate surface area is 81.3 Å². The molecule has 0 bridgehead atoms. The molecule has 1 aromatic carbocycles. The third-order valence-electron chi connectivity index (χ3n) is 1.48. The van der Waals surface area contributed by atoms with Crippen molar-refractivity contribution in [2.24, 2.45) is 0 Å². The molecule has 0 aromatic heterocycles. The lowest BCUT2D eigenvalue weighted by Crippen LogP contribution is -2.06. The molecule has 0 aliphatic rings. The van der Waals surface area contributed by atoms with Crippen molar-refractivity contribution in [3.8, 4) is 0 Å². The van der Waals surface area contributed by atoms with Crippen molar-refractivity contribution in [2.75, 3.05) is 0 Å². The predicted octanol–water partition coefficient (Wildman–Crippen LogP) is 0.788. The van der Waals surface area contributed by atoms with Gasteiger partial charge < -0.3 is 0 Å². The van der Waals surface area contributed by atoms with E-state index in [1.165, 1.54) is 12.1 Å². The van der Waals surface area contributed by atoms with Gasteiger partial charge in [-0.05, 0) is 23.4 Å². The molecule has 76 valence electrons. The molecular weight excluding hydrogens is 208 g/mol. The van der Waals surface area contributed by atoms with Crippen LogP contribution in [0.15, 0.2) is 29.2 Å². The Hall–Kier alpha value is -1.40. The molecule has 0 fully saturated rings. The summed E-state index contributed by atoms with van der Waals surface area (Å²) < 4.78 is 26.3. The maximum absolute atomic E-state index is 11.2. The van der Waals surface area contributed by atoms with Crippen LogP contribution in [0.3, 0.4) is 0 Å². The van der Waals surface area contributed by atoms with E-state index >= 15 is 0 Å². The van der Waals surface area contributed by atoms with Crippen LogP contribution in [0.25, 0.3) is 0 Å². The minimum atomic E-state index is -3.99. The highest BCUT2D eigenvalue weighted by molar-refractivity contribution is 7.86. The molecule has 0 aliphatic heterocycles. The van der Waals surface area contributed by atoms with Crippen LogP contribution in [-0.2, 0) is 24.1 Å². The van der Waals surface area contributed by atoms with Crippen LogP contribution in [0, 0.1) is 6.92 Å². The fourth-order valence-corrected chi connectivity index (χ4v) is 1.50. The zero-order valence-corrected chi connectivity index (χ0v) is 8.15. The molecule has 6 heteroatoms. The molecular formula is C8H8O5S. The smallest absolute Gasteiger partial charge is 0.285 e. The molecule has 0 unspecified atom stereocenters. The summed E-state index contributed by atoms with van der Waals surface area (Å²) in [4.78, 5) is 13.4. The molecule has 0 spiro atoms. The van der Waals surface area contributed by atoms with Crippen molar-refractivity contribution in [1.29, 1.82) is 0 Å². The average Bonchev–Trinajstić information content (AvgIpc) is 2.16. The molecule has 0 N–H and O–H groups in total. The molecule has 5 nitrogen and oxygen atoms in total. The summed E-state index contributed by atoms with van der Waals surface area (Å²) in [5.74, 6) is 0. The second kappa shape index (κ2) is 4.21. The highest BCUT2D eigenvalue weighted by Crippen LogP contribution is 2.12. The van der Waals surface area contributed by atoms with Crippen molar-refractivity contribution >= 4 is 16.6 Å². The van der Waals surface area contributed by atoms with Crippen molar-refractivity contribution in [1.82, 2.24) is 0 Å². The van der Waals surface area contributed by atoms with E-state index in [0.29, 0.717) is 0 Å². The van der Waals surface area contributed by atoms with Gasteiger partial charge in [-0.3, -0.25) is 9.68 Å². The van der Waals surface area contributed by atoms with E-state index in [0.717, 1.165) is 5.56 Å². The van der Waals surface area contributed by atoms with Crippen LogP contribution in [0.4, 0.5) is 0 Å². The SMILES string of the molecule is Cc1ccc(S(=O)(=O)OOC=O)cc1. The maximum Gasteiger partial charge on any atom is 0.332 e. The number of aryl methyl sites for hydroxylation is 1. The van der Waals surface area contributed by atoms with Gasteiger partial charge in [0.15, 0.2) is 0 Å². The van der Waals surface area contributed by atoms with Gasteiger partial charge in [-0.25, -0.2) is 0 Å². The Kier molecular flexibility index (Phi) is 3.21. The predicted molar refractivity (Wildman–Crippen MR) is 46.6 cm³/mol. The number of hydrogen-bond acceptors (Lipinski definition) is 5. The average molecular weight is 216 g/mol. The summed E-state index contributed by atoms with van der Waals surface area (Å²) in [6.07, 6.45) is 0. The highest BCUT2D eigenvalue weighted by Gasteiger charge is 2.15. The summed E-state index contributed by atoms with van der Waals surface area (Å²) in [6, 6.07) is 5.94. The number of carbonyl (C=O) groups is 1. The maximum atomic E-state index is 11.2. The fraction of sp³-hybridized carbons (Fsp3) is 0.125. The molecule has 0 radical (unpaired) electrons. The van der Waals surface area contributed by atoms with E-state index in [1.54, 1.807) is 12.1 Å². The fourth-order valence-electron chi connectivity index (χ4n) is 0.812. The van der Waals surface area contributed by atoms with E-state index < -0.39 is 10.1 Å². The summed E-state index contributed by atoms with van der Waals surface area (Å²) in [5, 5.41) is 0. The standard InChI is InChI=1S/C8H8O5S/c1-7-2-4-8(5-3-7)14(10,11)13-12-6-9/h2-6H,1H3. The summed E-state index contributed by atoms with van der Waals surface area (Å²) in [5.41, 5.74) is 0.917. The lowest BCUT2D eigenvalue weighted by atomic mass is 10.2. The highest BCUT2D eigenvalue weighted by atomic mass is 32.2. The Morgan fingerprint density at radius 2 is 1.79 bits per heavy atom. The topological polar surface area (TPSA) is 69.7 Å². The normalized spacial score (nSPS) is 10.9. The first-order valence-corrected chi connectivity index (χ1v) is 5.07. The van der Waals surface area contributed by atoms with Gasteiger partial charge >= 0.3 is 16.6 Å². The number of carbonyl (C=O) groups excluding carboxylic acids is 1. The van der Waals surface area contributed by atoms with Crippen LogP contribution < -0.4 is 0 Å². The van der Waals surface area contributed by atoms with Crippen LogP contribution in [0.2, 0.25) is 0 Å². The monoisotopic (exact) mass is 216 g/mol. The summed E-state index contributed by atoms with van der Waals surface area (Å²) >= 11 is 0. The Balaban J connectivity index is 2.93. The first kappa shape index (κ1) is 10.7. The van der Waals surface area contributed by atoms with Gasteiger partial charge in [0, 0.05) is 0 Å². The zero-order valence-electron chi connectivity index (χ0n) is 7.34. The zero-order chi connectivity index (χ0) is 10.6. The Morgan fingerprint density at radius 3 is 2.29 bits per heavy atom. The second-order valence-electron chi connectivity index (χ2n) is 2.53. The lowest BCUT2D eigenvalue weighted by Gasteiger charge is -2.01. The summed E-state index contributed by atoms with van der Waals surface area (Å²) in [7, 11) is -3.99. The molecule has 1 aromatic rings. The van der Waals surface area contributed by atoms with Crippen LogP contribution in [0.1, 0.15) is 5.56 Å². The minimum absolute atomic E-state index is 0.0649. The van der Waals surface area contributed by atoms with E-state index in [9.17, 15) is 13.2 Å². The van der Waals surface area contributed by atoms with Gasteiger partial charge in [-0.15, -0.1) is 0 Å². The van der Waals surface area contributed by atoms with Crippen molar-refractivity contribution < 1.29 is 22.4 Å². The van der Waals surface area contributed by atoms with Crippen LogP contribution in [-0.4, -0.2) is 14.9 Å². The largest absolute Gasteiger partial charge is 0.332 e. The van der Waals surface area contributed by atoms with Gasteiger partial charge in [0.05, 0.1) is 4.90 Å². The molecule has 0 saturated carbocycles. The first-order chi connectivity index (χ1) is 6.56. The minimum Gasteiger partial charge on any atom is -0.285 e. The van der Waals surface area contributed by atoms with E-state index in [1.807, 2.05) is 6.92 Å². The van der Waals surface area contributed by atoms with Crippen molar-refractivity contribution in [2.45, 2.75) is 11.8 Å². The Bertz CT molecular complexity index is 406. The van der Waals surface area contributed by atoms with Crippen LogP contribution in [0.5, 0.6) is 0 Å². The second-order valence-corrected chi connectivity index (χ2v) is 4.04. The van der Waals surface area contributed by atoms with Crippen molar-refractivity contribution in [3.05, 3.63) is 29.8 Å². The summed E-state index contributed by atoms with van der Waals surface area (Å²) in [6.45, 7) is 1.71. The molecule has 0 saturated heterocycles. The molecule has 0 aliphatic carbocycles. The van der Waals surface area contributed by atoms with Gasteiger partial charge in [0.25, 0.3) is 0 Å². The first-order valence-electron chi connectivity index (χ1n) is 3.66. The third kappa shape index (κ3) is 2.54. The Morgan fingerprint density at radius 1 is 1.21 bits per heavy atom. The van der Waals surface area contributed by atoms with Crippen LogP contribution >= 0.6 is 0 Å². The lowest BCUT2D eigenvalue weighted by molar-refractivity contribution is -0.193. The molecule has 1 rings (SSSR count). The third-order valence-corrected chi connectivity index (χ3v) is 2.59. The van der Waals surface area contributed by atoms with Crippen molar-refractivity contribution in [3.63, 3.8) is 0 Å². The van der Waals surface area contributed by atoms with E-state index in [2.05, 4.69) is 9.22 Å².